The van der Waals surface area contributed by atoms with E-state index in [4.69, 9.17) is 16.6 Å². The second-order valence-electron chi connectivity index (χ2n) is 6.31. The van der Waals surface area contributed by atoms with Gasteiger partial charge in [0, 0.05) is 0 Å². The average Bonchev–Trinajstić information content (AvgIpc) is 2.61. The Morgan fingerprint density at radius 3 is 1.72 bits per heavy atom. The standard InChI is InChI=1S/C15H27N5O9/c1-5(22)10(17)14(27)18-7(3-9(16)24)12(25)19-8(4-21)13(26)20-11(6(2)23)15(28)29/h5-8,10-11,21-23H,3-4,17H2,1-2H3,(H2,16,24)(H,18,27)(H,19,25)(H,20,26)(H,28,29). The number of primary amides is 1. The fourth-order valence-corrected chi connectivity index (χ4v) is 2.01. The smallest absolute Gasteiger partial charge is 0.328 e. The SMILES string of the molecule is CC(O)C(N)C(=O)NC(CC(N)=O)C(=O)NC(CO)C(=O)NC(C(=O)O)C(C)O. The molecule has 0 saturated heterocycles. The zero-order valence-corrected chi connectivity index (χ0v) is 15.9. The number of amides is 4. The molecular formula is C15H27N5O9. The third-order valence-electron chi connectivity index (χ3n) is 3.72. The molecule has 0 aromatic heterocycles. The van der Waals surface area contributed by atoms with E-state index < -0.39 is 79.0 Å². The van der Waals surface area contributed by atoms with Crippen LogP contribution in [0.25, 0.3) is 0 Å². The first-order valence-corrected chi connectivity index (χ1v) is 8.46. The van der Waals surface area contributed by atoms with Crippen LogP contribution >= 0.6 is 0 Å². The van der Waals surface area contributed by atoms with E-state index in [0.29, 0.717) is 0 Å². The third-order valence-corrected chi connectivity index (χ3v) is 3.72. The van der Waals surface area contributed by atoms with Crippen molar-refractivity contribution in [3.63, 3.8) is 0 Å². The highest BCUT2D eigenvalue weighted by atomic mass is 16.4. The van der Waals surface area contributed by atoms with Crippen LogP contribution in [-0.4, -0.2) is 93.0 Å². The minimum Gasteiger partial charge on any atom is -0.480 e. The number of carboxylic acids is 1. The zero-order valence-electron chi connectivity index (χ0n) is 15.9. The molecule has 6 unspecified atom stereocenters. The second-order valence-corrected chi connectivity index (χ2v) is 6.31. The number of nitrogens with two attached hydrogens (primary N) is 2. The van der Waals surface area contributed by atoms with Gasteiger partial charge in [-0.2, -0.15) is 0 Å². The maximum atomic E-state index is 12.3. The Balaban J connectivity index is 5.27. The number of carbonyl (C=O) groups excluding carboxylic acids is 4. The molecule has 0 rings (SSSR count). The molecule has 0 aromatic carbocycles. The van der Waals surface area contributed by atoms with Gasteiger partial charge in [0.05, 0.1) is 25.2 Å². The van der Waals surface area contributed by atoms with Crippen LogP contribution in [0.1, 0.15) is 20.3 Å². The summed E-state index contributed by atoms with van der Waals surface area (Å²) >= 11 is 0. The molecule has 0 bridgehead atoms. The van der Waals surface area contributed by atoms with Gasteiger partial charge < -0.3 is 47.8 Å². The summed E-state index contributed by atoms with van der Waals surface area (Å²) in [5.41, 5.74) is 10.5. The van der Waals surface area contributed by atoms with E-state index in [9.17, 15) is 39.3 Å². The maximum absolute atomic E-state index is 12.3. The average molecular weight is 421 g/mol. The van der Waals surface area contributed by atoms with Gasteiger partial charge in [-0.05, 0) is 13.8 Å². The largest absolute Gasteiger partial charge is 0.480 e. The lowest BCUT2D eigenvalue weighted by atomic mass is 10.1. The molecule has 14 heteroatoms. The minimum atomic E-state index is -1.71. The lowest BCUT2D eigenvalue weighted by molar-refractivity contribution is -0.145. The highest BCUT2D eigenvalue weighted by Gasteiger charge is 2.32. The van der Waals surface area contributed by atoms with Gasteiger partial charge in [0.1, 0.15) is 18.1 Å². The first-order valence-electron chi connectivity index (χ1n) is 8.46. The minimum absolute atomic E-state index is 0.685. The number of carboxylic acid groups (broad SMARTS) is 1. The van der Waals surface area contributed by atoms with E-state index in [1.54, 1.807) is 0 Å². The molecule has 0 spiro atoms. The summed E-state index contributed by atoms with van der Waals surface area (Å²) < 4.78 is 0. The summed E-state index contributed by atoms with van der Waals surface area (Å²) in [5.74, 6) is -5.76. The lowest BCUT2D eigenvalue weighted by Crippen LogP contribution is -2.60. The maximum Gasteiger partial charge on any atom is 0.328 e. The molecule has 6 atom stereocenters. The van der Waals surface area contributed by atoms with Crippen LogP contribution in [0.2, 0.25) is 0 Å². The predicted octanol–water partition coefficient (Wildman–Crippen LogP) is -5.52. The van der Waals surface area contributed by atoms with Crippen molar-refractivity contribution in [3.05, 3.63) is 0 Å². The summed E-state index contributed by atoms with van der Waals surface area (Å²) in [5, 5.41) is 43.0. The van der Waals surface area contributed by atoms with Crippen molar-refractivity contribution in [1.82, 2.24) is 16.0 Å². The van der Waals surface area contributed by atoms with Crippen LogP contribution in [0.5, 0.6) is 0 Å². The molecule has 0 aliphatic rings. The van der Waals surface area contributed by atoms with Crippen LogP contribution < -0.4 is 27.4 Å². The van der Waals surface area contributed by atoms with Gasteiger partial charge in [0.25, 0.3) is 0 Å². The Morgan fingerprint density at radius 1 is 0.862 bits per heavy atom. The number of hydrogen-bond acceptors (Lipinski definition) is 9. The van der Waals surface area contributed by atoms with Crippen LogP contribution in [0.3, 0.4) is 0 Å². The molecule has 14 nitrogen and oxygen atoms in total. The third kappa shape index (κ3) is 8.82. The van der Waals surface area contributed by atoms with E-state index in [1.165, 1.54) is 6.92 Å². The number of aliphatic hydroxyl groups is 3. The summed E-state index contributed by atoms with van der Waals surface area (Å²) in [6, 6.07) is -6.38. The molecule has 0 heterocycles. The first kappa shape index (κ1) is 26.2. The topological polar surface area (TPSA) is 254 Å². The quantitative estimate of drug-likeness (QED) is 0.144. The summed E-state index contributed by atoms with van der Waals surface area (Å²) in [6.07, 6.45) is -3.43. The zero-order chi connectivity index (χ0) is 22.9. The van der Waals surface area contributed by atoms with Crippen LogP contribution in [0, 0.1) is 0 Å². The van der Waals surface area contributed by atoms with E-state index in [2.05, 4.69) is 5.32 Å². The van der Waals surface area contributed by atoms with Crippen LogP contribution in [-0.2, 0) is 24.0 Å². The van der Waals surface area contributed by atoms with Crippen LogP contribution in [0.4, 0.5) is 0 Å². The van der Waals surface area contributed by atoms with E-state index in [1.807, 2.05) is 10.6 Å². The molecule has 11 N–H and O–H groups in total. The van der Waals surface area contributed by atoms with Crippen molar-refractivity contribution < 1.29 is 44.4 Å². The lowest BCUT2D eigenvalue weighted by Gasteiger charge is -2.24. The van der Waals surface area contributed by atoms with Gasteiger partial charge in [-0.3, -0.25) is 19.2 Å². The van der Waals surface area contributed by atoms with Crippen molar-refractivity contribution in [2.24, 2.45) is 11.5 Å². The summed E-state index contributed by atoms with van der Waals surface area (Å²) in [7, 11) is 0. The Hall–Kier alpha value is -2.81. The highest BCUT2D eigenvalue weighted by Crippen LogP contribution is 1.99. The first-order chi connectivity index (χ1) is 13.3. The molecule has 0 aromatic rings. The second kappa shape index (κ2) is 11.9. The van der Waals surface area contributed by atoms with Gasteiger partial charge in [-0.15, -0.1) is 0 Å². The monoisotopic (exact) mass is 421 g/mol. The molecule has 0 radical (unpaired) electrons. The van der Waals surface area contributed by atoms with Crippen molar-refractivity contribution in [1.29, 1.82) is 0 Å². The molecule has 0 aliphatic heterocycles. The van der Waals surface area contributed by atoms with Gasteiger partial charge in [0.15, 0.2) is 6.04 Å². The molecular weight excluding hydrogens is 394 g/mol. The molecule has 29 heavy (non-hydrogen) atoms. The number of carbonyl (C=O) groups is 5. The fraction of sp³-hybridized carbons (Fsp3) is 0.667. The van der Waals surface area contributed by atoms with E-state index >= 15 is 0 Å². The van der Waals surface area contributed by atoms with Crippen molar-refractivity contribution in [2.45, 2.75) is 56.6 Å². The Labute approximate surface area is 165 Å². The fourth-order valence-electron chi connectivity index (χ4n) is 2.01. The number of aliphatic carboxylic acids is 1. The highest BCUT2D eigenvalue weighted by molar-refractivity contribution is 5.96. The van der Waals surface area contributed by atoms with Gasteiger partial charge in [-0.1, -0.05) is 0 Å². The van der Waals surface area contributed by atoms with Gasteiger partial charge in [0.2, 0.25) is 23.6 Å². The van der Waals surface area contributed by atoms with Gasteiger partial charge >= 0.3 is 5.97 Å². The normalized spacial score (nSPS) is 17.0. The number of nitrogens with one attached hydrogen (secondary N) is 3. The molecule has 0 aliphatic carbocycles. The molecule has 0 saturated carbocycles. The molecule has 166 valence electrons. The van der Waals surface area contributed by atoms with Gasteiger partial charge in [-0.25, -0.2) is 4.79 Å². The van der Waals surface area contributed by atoms with Crippen LogP contribution in [0.15, 0.2) is 0 Å². The van der Waals surface area contributed by atoms with Crippen molar-refractivity contribution in [3.8, 4) is 0 Å². The summed E-state index contributed by atoms with van der Waals surface area (Å²) in [6.45, 7) is 1.37. The number of rotatable bonds is 12. The van der Waals surface area contributed by atoms with E-state index in [-0.39, 0.29) is 0 Å². The Morgan fingerprint density at radius 2 is 1.34 bits per heavy atom. The van der Waals surface area contributed by atoms with Crippen molar-refractivity contribution >= 4 is 29.6 Å². The summed E-state index contributed by atoms with van der Waals surface area (Å²) in [4.78, 5) is 58.6. The van der Waals surface area contributed by atoms with Crippen molar-refractivity contribution in [2.75, 3.05) is 6.61 Å². The molecule has 0 fully saturated rings. The number of aliphatic hydroxyl groups excluding tert-OH is 3. The van der Waals surface area contributed by atoms with E-state index in [0.717, 1.165) is 6.92 Å². The Bertz CT molecular complexity index is 625. The number of hydrogen-bond donors (Lipinski definition) is 9. The Kier molecular flexibility index (Phi) is 10.7. The molecule has 4 amide bonds. The predicted molar refractivity (Wildman–Crippen MR) is 95.7 cm³/mol.